The lowest BCUT2D eigenvalue weighted by Gasteiger charge is -2.12. The van der Waals surface area contributed by atoms with E-state index in [2.05, 4.69) is 15.9 Å². The summed E-state index contributed by atoms with van der Waals surface area (Å²) in [6.07, 6.45) is 1.70. The van der Waals surface area contributed by atoms with Crippen molar-refractivity contribution in [3.8, 4) is 11.3 Å². The highest BCUT2D eigenvalue weighted by atomic mass is 79.9. The molecule has 5 nitrogen and oxygen atoms in total. The fraction of sp³-hybridized carbons (Fsp3) is 0.0385. The normalized spacial score (nSPS) is 15.1. The first-order valence-corrected chi connectivity index (χ1v) is 11.7. The van der Waals surface area contributed by atoms with Gasteiger partial charge in [0.1, 0.15) is 11.3 Å². The second kappa shape index (κ2) is 8.84. The highest BCUT2D eigenvalue weighted by Crippen LogP contribution is 2.34. The van der Waals surface area contributed by atoms with E-state index in [9.17, 15) is 14.4 Å². The number of hydrogen-bond acceptors (Lipinski definition) is 5. The van der Waals surface area contributed by atoms with Crippen molar-refractivity contribution in [1.29, 1.82) is 0 Å². The first kappa shape index (κ1) is 21.4. The number of nitrogens with zero attached hydrogens (tertiary/aromatic N) is 1. The molecule has 1 aromatic heterocycles. The first-order valence-electron chi connectivity index (χ1n) is 10.1. The van der Waals surface area contributed by atoms with Gasteiger partial charge in [-0.05, 0) is 53.2 Å². The Hall–Kier alpha value is -3.42. The summed E-state index contributed by atoms with van der Waals surface area (Å²) in [6.45, 7) is 0.231. The predicted molar refractivity (Wildman–Crippen MR) is 134 cm³/mol. The number of thioether (sulfide) groups is 1. The molecule has 1 saturated heterocycles. The van der Waals surface area contributed by atoms with E-state index in [0.717, 1.165) is 32.9 Å². The van der Waals surface area contributed by atoms with Crippen molar-refractivity contribution < 1.29 is 14.0 Å². The largest absolute Gasteiger partial charge is 0.456 e. The van der Waals surface area contributed by atoms with Crippen LogP contribution in [0.4, 0.5) is 4.79 Å². The molecule has 1 aliphatic rings. The summed E-state index contributed by atoms with van der Waals surface area (Å²) in [5, 5.41) is 0.250. The molecular weight excluding hydrogens is 502 g/mol. The van der Waals surface area contributed by atoms with E-state index in [1.54, 1.807) is 24.3 Å². The fourth-order valence-corrected chi connectivity index (χ4v) is 4.65. The summed E-state index contributed by atoms with van der Waals surface area (Å²) in [5.41, 5.74) is 2.83. The monoisotopic (exact) mass is 517 g/mol. The second-order valence-corrected chi connectivity index (χ2v) is 9.40. The van der Waals surface area contributed by atoms with Crippen LogP contribution >= 0.6 is 27.7 Å². The molecular formula is C26H16BrNO4S. The topological polar surface area (TPSA) is 67.6 Å². The Bertz CT molecular complexity index is 1470. The van der Waals surface area contributed by atoms with Gasteiger partial charge < -0.3 is 4.42 Å². The summed E-state index contributed by atoms with van der Waals surface area (Å²) < 4.78 is 6.82. The van der Waals surface area contributed by atoms with E-state index in [1.165, 1.54) is 11.0 Å². The molecule has 4 aromatic rings. The lowest BCUT2D eigenvalue weighted by atomic mass is 10.1. The number of halogens is 1. The third kappa shape index (κ3) is 4.42. The maximum atomic E-state index is 12.8. The van der Waals surface area contributed by atoms with E-state index >= 15 is 0 Å². The molecule has 5 rings (SSSR count). The number of rotatable bonds is 4. The van der Waals surface area contributed by atoms with Crippen LogP contribution in [0.25, 0.3) is 28.4 Å². The summed E-state index contributed by atoms with van der Waals surface area (Å²) in [7, 11) is 0. The Morgan fingerprint density at radius 1 is 0.909 bits per heavy atom. The van der Waals surface area contributed by atoms with Crippen LogP contribution in [0.3, 0.4) is 0 Å². The van der Waals surface area contributed by atoms with Crippen LogP contribution in [0.5, 0.6) is 0 Å². The molecule has 7 heteroatoms. The highest BCUT2D eigenvalue weighted by molar-refractivity contribution is 9.10. The van der Waals surface area contributed by atoms with Gasteiger partial charge in [0.15, 0.2) is 5.43 Å². The Morgan fingerprint density at radius 3 is 2.39 bits per heavy atom. The third-order valence-electron chi connectivity index (χ3n) is 5.26. The molecule has 1 fully saturated rings. The maximum absolute atomic E-state index is 12.8. The summed E-state index contributed by atoms with van der Waals surface area (Å²) in [5.74, 6) is 0.164. The highest BCUT2D eigenvalue weighted by Gasteiger charge is 2.34. The third-order valence-corrected chi connectivity index (χ3v) is 6.69. The molecule has 0 atom stereocenters. The van der Waals surface area contributed by atoms with E-state index in [0.29, 0.717) is 21.6 Å². The second-order valence-electron chi connectivity index (χ2n) is 7.49. The van der Waals surface area contributed by atoms with Crippen LogP contribution in [0.15, 0.2) is 97.5 Å². The fourth-order valence-electron chi connectivity index (χ4n) is 3.55. The van der Waals surface area contributed by atoms with Crippen molar-refractivity contribution in [2.75, 3.05) is 0 Å². The first-order chi connectivity index (χ1) is 16.0. The Kier molecular flexibility index (Phi) is 5.74. The number of amides is 2. The van der Waals surface area contributed by atoms with Crippen molar-refractivity contribution in [2.24, 2.45) is 0 Å². The van der Waals surface area contributed by atoms with E-state index < -0.39 is 0 Å². The molecule has 2 amide bonds. The van der Waals surface area contributed by atoms with Gasteiger partial charge in [0.2, 0.25) is 0 Å². The van der Waals surface area contributed by atoms with Gasteiger partial charge in [-0.3, -0.25) is 19.3 Å². The number of benzene rings is 3. The van der Waals surface area contributed by atoms with Crippen molar-refractivity contribution in [3.05, 3.63) is 110 Å². The Morgan fingerprint density at radius 2 is 1.64 bits per heavy atom. The minimum absolute atomic E-state index is 0.102. The molecule has 0 unspecified atom stereocenters. The molecule has 0 bridgehead atoms. The van der Waals surface area contributed by atoms with Gasteiger partial charge in [0, 0.05) is 16.1 Å². The van der Waals surface area contributed by atoms with Crippen LogP contribution < -0.4 is 5.43 Å². The lowest BCUT2D eigenvalue weighted by molar-refractivity contribution is -0.123. The minimum Gasteiger partial charge on any atom is -0.456 e. The molecule has 3 aromatic carbocycles. The van der Waals surface area contributed by atoms with Crippen molar-refractivity contribution in [2.45, 2.75) is 6.54 Å². The molecule has 2 heterocycles. The maximum Gasteiger partial charge on any atom is 0.293 e. The summed E-state index contributed by atoms with van der Waals surface area (Å²) >= 11 is 4.31. The molecule has 0 saturated carbocycles. The molecule has 0 N–H and O–H groups in total. The average Bonchev–Trinajstić information content (AvgIpc) is 3.08. The van der Waals surface area contributed by atoms with E-state index in [1.807, 2.05) is 54.6 Å². The summed E-state index contributed by atoms with van der Waals surface area (Å²) in [6, 6.07) is 23.4. The van der Waals surface area contributed by atoms with Crippen molar-refractivity contribution >= 4 is 55.9 Å². The average molecular weight is 518 g/mol. The van der Waals surface area contributed by atoms with Crippen LogP contribution in [-0.4, -0.2) is 16.0 Å². The molecule has 33 heavy (non-hydrogen) atoms. The van der Waals surface area contributed by atoms with Gasteiger partial charge >= 0.3 is 0 Å². The standard InChI is InChI=1S/C26H16BrNO4S/c27-19-11-7-17(8-12-19)15-28-25(30)24(33-26(28)31)13-16-5-9-18(10-6-16)23-14-21(29)20-3-1-2-4-22(20)32-23/h1-14H,15H2/b24-13+. The number of fused-ring (bicyclic) bond motifs is 1. The zero-order valence-electron chi connectivity index (χ0n) is 17.2. The number of imide groups is 1. The van der Waals surface area contributed by atoms with Crippen molar-refractivity contribution in [3.63, 3.8) is 0 Å². The number of carbonyl (C=O) groups is 2. The Labute approximate surface area is 201 Å². The van der Waals surface area contributed by atoms with Gasteiger partial charge in [0.05, 0.1) is 16.8 Å². The molecule has 0 spiro atoms. The zero-order valence-corrected chi connectivity index (χ0v) is 19.6. The van der Waals surface area contributed by atoms with Gasteiger partial charge in [-0.15, -0.1) is 0 Å². The van der Waals surface area contributed by atoms with E-state index in [4.69, 9.17) is 4.42 Å². The van der Waals surface area contributed by atoms with E-state index in [-0.39, 0.29) is 23.1 Å². The molecule has 1 aliphatic heterocycles. The van der Waals surface area contributed by atoms with Gasteiger partial charge in [-0.2, -0.15) is 0 Å². The van der Waals surface area contributed by atoms with Crippen LogP contribution in [-0.2, 0) is 11.3 Å². The number of carbonyl (C=O) groups excluding carboxylic acids is 2. The minimum atomic E-state index is -0.308. The number of para-hydroxylation sites is 1. The molecule has 162 valence electrons. The Balaban J connectivity index is 1.37. The van der Waals surface area contributed by atoms with Gasteiger partial charge in [0.25, 0.3) is 11.1 Å². The van der Waals surface area contributed by atoms with Crippen molar-refractivity contribution in [1.82, 2.24) is 4.90 Å². The SMILES string of the molecule is O=C1S/C(=C/c2ccc(-c3cc(=O)c4ccccc4o3)cc2)C(=O)N1Cc1ccc(Br)cc1. The quantitative estimate of drug-likeness (QED) is 0.290. The predicted octanol–water partition coefficient (Wildman–Crippen LogP) is 6.46. The van der Waals surface area contributed by atoms with Crippen LogP contribution in [0.1, 0.15) is 11.1 Å². The lowest BCUT2D eigenvalue weighted by Crippen LogP contribution is -2.27. The zero-order chi connectivity index (χ0) is 22.9. The van der Waals surface area contributed by atoms with Crippen LogP contribution in [0, 0.1) is 0 Å². The van der Waals surface area contributed by atoms with Gasteiger partial charge in [-0.1, -0.05) is 64.5 Å². The number of hydrogen-bond donors (Lipinski definition) is 0. The van der Waals surface area contributed by atoms with Gasteiger partial charge in [-0.25, -0.2) is 0 Å². The molecule has 0 aliphatic carbocycles. The van der Waals surface area contributed by atoms with Crippen LogP contribution in [0.2, 0.25) is 0 Å². The summed E-state index contributed by atoms with van der Waals surface area (Å²) in [4.78, 5) is 39.2. The molecule has 0 radical (unpaired) electrons. The smallest absolute Gasteiger partial charge is 0.293 e.